The van der Waals surface area contributed by atoms with Crippen LogP contribution in [0.5, 0.6) is 0 Å². The molecular weight excluding hydrogens is 256 g/mol. The molecule has 2 N–H and O–H groups in total. The first-order valence-corrected chi connectivity index (χ1v) is 5.92. The van der Waals surface area contributed by atoms with Gasteiger partial charge in [0.2, 0.25) is 0 Å². The molecule has 0 aromatic heterocycles. The summed E-state index contributed by atoms with van der Waals surface area (Å²) in [6.07, 6.45) is 1.17. The van der Waals surface area contributed by atoms with Gasteiger partial charge in [-0.1, -0.05) is 54.6 Å². The highest BCUT2D eigenvalue weighted by molar-refractivity contribution is 6.16. The highest BCUT2D eigenvalue weighted by Gasteiger charge is 2.16. The van der Waals surface area contributed by atoms with Crippen molar-refractivity contribution in [2.45, 2.75) is 0 Å². The van der Waals surface area contributed by atoms with Crippen molar-refractivity contribution in [2.24, 2.45) is 0 Å². The molecule has 0 bridgehead atoms. The Kier molecular flexibility index (Phi) is 3.96. The SMILES string of the molecule is O=C(O)C(=Cc1ccccc1-c1ccccc1)C(=O)O. The summed E-state index contributed by atoms with van der Waals surface area (Å²) in [6.45, 7) is 0. The van der Waals surface area contributed by atoms with E-state index in [2.05, 4.69) is 0 Å². The van der Waals surface area contributed by atoms with Crippen molar-refractivity contribution in [1.82, 2.24) is 0 Å². The summed E-state index contributed by atoms with van der Waals surface area (Å²) in [7, 11) is 0. The lowest BCUT2D eigenvalue weighted by molar-refractivity contribution is -0.139. The molecule has 0 aliphatic rings. The van der Waals surface area contributed by atoms with Gasteiger partial charge in [-0.05, 0) is 22.8 Å². The third-order valence-corrected chi connectivity index (χ3v) is 2.81. The molecule has 4 heteroatoms. The number of carboxylic acid groups (broad SMARTS) is 2. The fourth-order valence-corrected chi connectivity index (χ4v) is 1.87. The van der Waals surface area contributed by atoms with Gasteiger partial charge in [0.1, 0.15) is 5.57 Å². The summed E-state index contributed by atoms with van der Waals surface area (Å²) in [5.74, 6) is -2.92. The minimum absolute atomic E-state index is 0.554. The molecule has 0 unspecified atom stereocenters. The van der Waals surface area contributed by atoms with Crippen LogP contribution in [0.25, 0.3) is 17.2 Å². The Balaban J connectivity index is 2.56. The lowest BCUT2D eigenvalue weighted by Crippen LogP contribution is -2.10. The fraction of sp³-hybridized carbons (Fsp3) is 0. The van der Waals surface area contributed by atoms with Crippen LogP contribution < -0.4 is 0 Å². The van der Waals surface area contributed by atoms with Gasteiger partial charge in [-0.2, -0.15) is 0 Å². The molecule has 100 valence electrons. The maximum Gasteiger partial charge on any atom is 0.343 e. The lowest BCUT2D eigenvalue weighted by Gasteiger charge is -2.06. The molecule has 0 saturated carbocycles. The molecule has 2 aromatic rings. The summed E-state index contributed by atoms with van der Waals surface area (Å²) in [6, 6.07) is 16.4. The van der Waals surface area contributed by atoms with Gasteiger partial charge in [0.05, 0.1) is 0 Å². The van der Waals surface area contributed by atoms with Crippen molar-refractivity contribution in [3.63, 3.8) is 0 Å². The second-order valence-electron chi connectivity index (χ2n) is 4.12. The van der Waals surface area contributed by atoms with E-state index in [9.17, 15) is 9.59 Å². The molecule has 0 fully saturated rings. The number of carbonyl (C=O) groups is 2. The number of hydrogen-bond donors (Lipinski definition) is 2. The summed E-state index contributed by atoms with van der Waals surface area (Å²) >= 11 is 0. The predicted octanol–water partition coefficient (Wildman–Crippen LogP) is 2.91. The van der Waals surface area contributed by atoms with E-state index in [1.807, 2.05) is 42.5 Å². The van der Waals surface area contributed by atoms with Crippen molar-refractivity contribution in [3.8, 4) is 11.1 Å². The summed E-state index contributed by atoms with van der Waals surface area (Å²) < 4.78 is 0. The molecule has 0 aliphatic carbocycles. The van der Waals surface area contributed by atoms with E-state index in [-0.39, 0.29) is 0 Å². The van der Waals surface area contributed by atoms with E-state index in [1.54, 1.807) is 12.1 Å². The molecule has 0 spiro atoms. The van der Waals surface area contributed by atoms with E-state index in [1.165, 1.54) is 6.08 Å². The Morgan fingerprint density at radius 3 is 1.95 bits per heavy atom. The van der Waals surface area contributed by atoms with Gasteiger partial charge in [0.25, 0.3) is 0 Å². The Morgan fingerprint density at radius 1 is 0.800 bits per heavy atom. The van der Waals surface area contributed by atoms with Crippen LogP contribution in [0.4, 0.5) is 0 Å². The molecule has 4 nitrogen and oxygen atoms in total. The van der Waals surface area contributed by atoms with Gasteiger partial charge >= 0.3 is 11.9 Å². The Bertz CT molecular complexity index is 656. The zero-order chi connectivity index (χ0) is 14.5. The summed E-state index contributed by atoms with van der Waals surface area (Å²) in [5, 5.41) is 17.8. The second kappa shape index (κ2) is 5.84. The Hall–Kier alpha value is -2.88. The fourth-order valence-electron chi connectivity index (χ4n) is 1.87. The molecule has 0 heterocycles. The number of rotatable bonds is 4. The van der Waals surface area contributed by atoms with Gasteiger partial charge in [-0.25, -0.2) is 9.59 Å². The zero-order valence-corrected chi connectivity index (χ0v) is 10.5. The largest absolute Gasteiger partial charge is 0.477 e. The molecule has 0 radical (unpaired) electrons. The van der Waals surface area contributed by atoms with E-state index in [0.717, 1.165) is 11.1 Å². The van der Waals surface area contributed by atoms with Crippen LogP contribution in [0, 0.1) is 0 Å². The molecular formula is C16H12O4. The molecule has 2 rings (SSSR count). The van der Waals surface area contributed by atoms with Gasteiger partial charge in [0, 0.05) is 0 Å². The maximum atomic E-state index is 10.9. The quantitative estimate of drug-likeness (QED) is 0.508. The van der Waals surface area contributed by atoms with Crippen LogP contribution in [0.3, 0.4) is 0 Å². The minimum atomic E-state index is -1.46. The zero-order valence-electron chi connectivity index (χ0n) is 10.5. The first kappa shape index (κ1) is 13.5. The average molecular weight is 268 g/mol. The van der Waals surface area contributed by atoms with Gasteiger partial charge in [0.15, 0.2) is 0 Å². The standard InChI is InChI=1S/C16H12O4/c17-15(18)14(16(19)20)10-12-8-4-5-9-13(12)11-6-2-1-3-7-11/h1-10H,(H,17,18)(H,19,20). The van der Waals surface area contributed by atoms with Gasteiger partial charge < -0.3 is 10.2 Å². The molecule has 0 aliphatic heterocycles. The van der Waals surface area contributed by atoms with Gasteiger partial charge in [-0.3, -0.25) is 0 Å². The highest BCUT2D eigenvalue weighted by Crippen LogP contribution is 2.25. The molecule has 0 amide bonds. The number of aliphatic carboxylic acids is 2. The van der Waals surface area contributed by atoms with Crippen molar-refractivity contribution in [1.29, 1.82) is 0 Å². The highest BCUT2D eigenvalue weighted by atomic mass is 16.4. The molecule has 0 saturated heterocycles. The van der Waals surface area contributed by atoms with Gasteiger partial charge in [-0.15, -0.1) is 0 Å². The van der Waals surface area contributed by atoms with Crippen LogP contribution in [0.15, 0.2) is 60.2 Å². The third kappa shape index (κ3) is 2.92. The van der Waals surface area contributed by atoms with E-state index < -0.39 is 17.5 Å². The van der Waals surface area contributed by atoms with Crippen molar-refractivity contribution in [3.05, 3.63) is 65.7 Å². The predicted molar refractivity (Wildman–Crippen MR) is 75.1 cm³/mol. The van der Waals surface area contributed by atoms with Crippen LogP contribution >= 0.6 is 0 Å². The number of benzene rings is 2. The lowest BCUT2D eigenvalue weighted by atomic mass is 9.98. The molecule has 20 heavy (non-hydrogen) atoms. The Labute approximate surface area is 115 Å². The van der Waals surface area contributed by atoms with Crippen LogP contribution in [0.1, 0.15) is 5.56 Å². The van der Waals surface area contributed by atoms with E-state index in [4.69, 9.17) is 10.2 Å². The van der Waals surface area contributed by atoms with Crippen LogP contribution in [-0.2, 0) is 9.59 Å². The first-order valence-electron chi connectivity index (χ1n) is 5.92. The third-order valence-electron chi connectivity index (χ3n) is 2.81. The maximum absolute atomic E-state index is 10.9. The number of hydrogen-bond acceptors (Lipinski definition) is 2. The topological polar surface area (TPSA) is 74.6 Å². The van der Waals surface area contributed by atoms with E-state index in [0.29, 0.717) is 5.56 Å². The summed E-state index contributed by atoms with van der Waals surface area (Å²) in [5.41, 5.74) is 1.58. The average Bonchev–Trinajstić information content (AvgIpc) is 2.45. The van der Waals surface area contributed by atoms with Crippen LogP contribution in [-0.4, -0.2) is 22.2 Å². The van der Waals surface area contributed by atoms with E-state index >= 15 is 0 Å². The first-order chi connectivity index (χ1) is 9.59. The Morgan fingerprint density at radius 2 is 1.35 bits per heavy atom. The van der Waals surface area contributed by atoms with Crippen LogP contribution in [0.2, 0.25) is 0 Å². The monoisotopic (exact) mass is 268 g/mol. The minimum Gasteiger partial charge on any atom is -0.477 e. The smallest absolute Gasteiger partial charge is 0.343 e. The molecule has 0 atom stereocenters. The number of carboxylic acids is 2. The molecule has 2 aromatic carbocycles. The summed E-state index contributed by atoms with van der Waals surface area (Å²) in [4.78, 5) is 21.9. The second-order valence-corrected chi connectivity index (χ2v) is 4.12. The normalized spacial score (nSPS) is 9.80. The van der Waals surface area contributed by atoms with Crippen molar-refractivity contribution < 1.29 is 19.8 Å². The van der Waals surface area contributed by atoms with Crippen molar-refractivity contribution >= 4 is 18.0 Å². The van der Waals surface area contributed by atoms with Crippen molar-refractivity contribution in [2.75, 3.05) is 0 Å².